The monoisotopic (exact) mass is 266 g/mol. The summed E-state index contributed by atoms with van der Waals surface area (Å²) in [4.78, 5) is 23.0. The third-order valence-corrected chi connectivity index (χ3v) is 3.72. The molecule has 0 spiro atoms. The highest BCUT2D eigenvalue weighted by Crippen LogP contribution is 2.29. The molecule has 5 nitrogen and oxygen atoms in total. The molecule has 18 heavy (non-hydrogen) atoms. The number of hydrogen-bond donors (Lipinski definition) is 3. The molecule has 0 heterocycles. The average molecular weight is 266 g/mol. The Labute approximate surface area is 109 Å². The summed E-state index contributed by atoms with van der Waals surface area (Å²) in [5.74, 6) is -0.931. The minimum Gasteiger partial charge on any atom is -0.478 e. The van der Waals surface area contributed by atoms with Gasteiger partial charge in [0.25, 0.3) is 0 Å². The molecule has 2 rings (SSSR count). The van der Waals surface area contributed by atoms with Crippen LogP contribution in [0.15, 0.2) is 23.1 Å². The number of hydrogen-bond acceptors (Lipinski definition) is 4. The number of nitrogens with one attached hydrogen (secondary N) is 1. The highest BCUT2D eigenvalue weighted by atomic mass is 32.2. The van der Waals surface area contributed by atoms with Crippen LogP contribution in [0.5, 0.6) is 0 Å². The number of rotatable bonds is 5. The molecule has 1 amide bonds. The first-order valence-corrected chi connectivity index (χ1v) is 6.60. The molecule has 96 valence electrons. The van der Waals surface area contributed by atoms with E-state index in [-0.39, 0.29) is 17.2 Å². The summed E-state index contributed by atoms with van der Waals surface area (Å²) in [6, 6.07) is 5.02. The Kier molecular flexibility index (Phi) is 3.76. The maximum absolute atomic E-state index is 11.5. The zero-order valence-corrected chi connectivity index (χ0v) is 10.5. The largest absolute Gasteiger partial charge is 0.478 e. The van der Waals surface area contributed by atoms with E-state index in [1.165, 1.54) is 6.07 Å². The smallest absolute Gasteiger partial charge is 0.336 e. The molecule has 0 aliphatic heterocycles. The third-order valence-electron chi connectivity index (χ3n) is 2.57. The second-order valence-electron chi connectivity index (χ2n) is 4.16. The van der Waals surface area contributed by atoms with Gasteiger partial charge in [0, 0.05) is 16.6 Å². The van der Waals surface area contributed by atoms with Crippen LogP contribution >= 0.6 is 11.8 Å². The first-order valence-electron chi connectivity index (χ1n) is 5.62. The number of thioether (sulfide) groups is 1. The van der Waals surface area contributed by atoms with Crippen LogP contribution in [0.25, 0.3) is 0 Å². The Morgan fingerprint density at radius 2 is 2.17 bits per heavy atom. The molecule has 0 unspecified atom stereocenters. The molecule has 0 bridgehead atoms. The Bertz CT molecular complexity index is 486. The third kappa shape index (κ3) is 3.16. The second kappa shape index (κ2) is 5.30. The van der Waals surface area contributed by atoms with E-state index in [4.69, 9.17) is 10.8 Å². The number of carbonyl (C=O) groups excluding carboxylic acids is 1. The topological polar surface area (TPSA) is 92.4 Å². The Balaban J connectivity index is 2.03. The van der Waals surface area contributed by atoms with Gasteiger partial charge in [-0.25, -0.2) is 4.79 Å². The van der Waals surface area contributed by atoms with Gasteiger partial charge >= 0.3 is 5.97 Å². The molecular weight excluding hydrogens is 252 g/mol. The normalized spacial score (nSPS) is 14.2. The summed E-state index contributed by atoms with van der Waals surface area (Å²) >= 11 is 1.16. The van der Waals surface area contributed by atoms with Gasteiger partial charge in [-0.3, -0.25) is 4.79 Å². The molecule has 0 saturated heterocycles. The molecule has 1 fully saturated rings. The van der Waals surface area contributed by atoms with E-state index >= 15 is 0 Å². The first kappa shape index (κ1) is 12.8. The lowest BCUT2D eigenvalue weighted by Gasteiger charge is -2.09. The first-order chi connectivity index (χ1) is 8.58. The van der Waals surface area contributed by atoms with Crippen molar-refractivity contribution in [1.29, 1.82) is 0 Å². The summed E-state index contributed by atoms with van der Waals surface area (Å²) in [7, 11) is 0. The summed E-state index contributed by atoms with van der Waals surface area (Å²) in [5.41, 5.74) is 6.27. The number of carboxylic acid groups (broad SMARTS) is 1. The Morgan fingerprint density at radius 1 is 1.44 bits per heavy atom. The van der Waals surface area contributed by atoms with Crippen LogP contribution in [-0.4, -0.2) is 28.8 Å². The van der Waals surface area contributed by atoms with Crippen molar-refractivity contribution in [3.8, 4) is 0 Å². The van der Waals surface area contributed by atoms with E-state index < -0.39 is 5.97 Å². The van der Waals surface area contributed by atoms with Gasteiger partial charge in [0.05, 0.1) is 11.3 Å². The van der Waals surface area contributed by atoms with Gasteiger partial charge in [0.1, 0.15) is 0 Å². The molecule has 0 atom stereocenters. The molecule has 1 saturated carbocycles. The number of amides is 1. The molecule has 0 radical (unpaired) electrons. The number of anilines is 1. The van der Waals surface area contributed by atoms with Crippen LogP contribution in [0.2, 0.25) is 0 Å². The van der Waals surface area contributed by atoms with Crippen LogP contribution in [0, 0.1) is 0 Å². The van der Waals surface area contributed by atoms with Gasteiger partial charge in [-0.2, -0.15) is 0 Å². The molecule has 0 aromatic heterocycles. The Hall–Kier alpha value is -1.69. The van der Waals surface area contributed by atoms with E-state index in [1.54, 1.807) is 12.1 Å². The number of aromatic carboxylic acids is 1. The predicted octanol–water partition coefficient (Wildman–Crippen LogP) is 1.34. The maximum atomic E-state index is 11.5. The summed E-state index contributed by atoms with van der Waals surface area (Å²) in [5, 5.41) is 11.9. The van der Waals surface area contributed by atoms with E-state index in [9.17, 15) is 9.59 Å². The van der Waals surface area contributed by atoms with Crippen LogP contribution in [0.4, 0.5) is 5.69 Å². The fourth-order valence-electron chi connectivity index (χ4n) is 1.52. The molecule has 4 N–H and O–H groups in total. The number of nitrogens with two attached hydrogens (primary N) is 1. The van der Waals surface area contributed by atoms with Gasteiger partial charge in [-0.1, -0.05) is 6.07 Å². The van der Waals surface area contributed by atoms with Crippen LogP contribution in [0.3, 0.4) is 0 Å². The zero-order chi connectivity index (χ0) is 13.1. The van der Waals surface area contributed by atoms with Crippen molar-refractivity contribution in [1.82, 2.24) is 5.32 Å². The van der Waals surface area contributed by atoms with Crippen molar-refractivity contribution in [2.75, 3.05) is 11.5 Å². The minimum absolute atomic E-state index is 0.0814. The highest BCUT2D eigenvalue weighted by Gasteiger charge is 2.23. The molecule has 1 aromatic rings. The number of nitrogen functional groups attached to an aromatic ring is 1. The van der Waals surface area contributed by atoms with Crippen molar-refractivity contribution >= 4 is 29.3 Å². The molecule has 1 aliphatic carbocycles. The number of carboxylic acids is 1. The predicted molar refractivity (Wildman–Crippen MR) is 69.7 cm³/mol. The lowest BCUT2D eigenvalue weighted by Crippen LogP contribution is -2.27. The second-order valence-corrected chi connectivity index (χ2v) is 5.15. The SMILES string of the molecule is Nc1cccc(C(=O)O)c1SCC(=O)NC1CC1. The molecule has 6 heteroatoms. The summed E-state index contributed by atoms with van der Waals surface area (Å²) in [6.07, 6.45) is 2.06. The van der Waals surface area contributed by atoms with E-state index in [0.717, 1.165) is 24.6 Å². The number of benzene rings is 1. The van der Waals surface area contributed by atoms with Crippen molar-refractivity contribution in [2.45, 2.75) is 23.8 Å². The van der Waals surface area contributed by atoms with Crippen molar-refractivity contribution < 1.29 is 14.7 Å². The molecule has 1 aliphatic rings. The summed E-state index contributed by atoms with van der Waals surface area (Å²) < 4.78 is 0. The lowest BCUT2D eigenvalue weighted by atomic mass is 10.2. The Morgan fingerprint density at radius 3 is 2.78 bits per heavy atom. The fourth-order valence-corrected chi connectivity index (χ4v) is 2.42. The quantitative estimate of drug-likeness (QED) is 0.552. The van der Waals surface area contributed by atoms with Crippen molar-refractivity contribution in [3.05, 3.63) is 23.8 Å². The lowest BCUT2D eigenvalue weighted by molar-refractivity contribution is -0.118. The van der Waals surface area contributed by atoms with Crippen molar-refractivity contribution in [3.63, 3.8) is 0 Å². The van der Waals surface area contributed by atoms with Crippen LogP contribution in [0.1, 0.15) is 23.2 Å². The van der Waals surface area contributed by atoms with Gasteiger partial charge in [0.15, 0.2) is 0 Å². The minimum atomic E-state index is -1.03. The standard InChI is InChI=1S/C12H14N2O3S/c13-9-3-1-2-8(12(16)17)11(9)18-6-10(15)14-7-4-5-7/h1-3,7H,4-6,13H2,(H,14,15)(H,16,17). The zero-order valence-electron chi connectivity index (χ0n) is 9.68. The van der Waals surface area contributed by atoms with Gasteiger partial charge in [-0.05, 0) is 25.0 Å². The van der Waals surface area contributed by atoms with Gasteiger partial charge in [0.2, 0.25) is 5.91 Å². The van der Waals surface area contributed by atoms with E-state index in [1.807, 2.05) is 0 Å². The molecule has 1 aromatic carbocycles. The molecular formula is C12H14N2O3S. The highest BCUT2D eigenvalue weighted by molar-refractivity contribution is 8.00. The van der Waals surface area contributed by atoms with Gasteiger partial charge < -0.3 is 16.2 Å². The number of carbonyl (C=O) groups is 2. The summed E-state index contributed by atoms with van der Waals surface area (Å²) in [6.45, 7) is 0. The van der Waals surface area contributed by atoms with E-state index in [0.29, 0.717) is 16.6 Å². The fraction of sp³-hybridized carbons (Fsp3) is 0.333. The van der Waals surface area contributed by atoms with Crippen molar-refractivity contribution in [2.24, 2.45) is 0 Å². The van der Waals surface area contributed by atoms with Crippen LogP contribution < -0.4 is 11.1 Å². The van der Waals surface area contributed by atoms with Crippen LogP contribution in [-0.2, 0) is 4.79 Å². The van der Waals surface area contributed by atoms with Gasteiger partial charge in [-0.15, -0.1) is 11.8 Å². The average Bonchev–Trinajstić information content (AvgIpc) is 3.10. The van der Waals surface area contributed by atoms with E-state index in [2.05, 4.69) is 5.32 Å². The maximum Gasteiger partial charge on any atom is 0.336 e.